The number of nitrogens with one attached hydrogen (secondary N) is 1. The lowest BCUT2D eigenvalue weighted by Crippen LogP contribution is -2.11. The van der Waals surface area contributed by atoms with Crippen LogP contribution in [0.4, 0.5) is 11.4 Å². The number of carbonyl (C=O) groups is 1. The zero-order valence-corrected chi connectivity index (χ0v) is 11.7. The van der Waals surface area contributed by atoms with Gasteiger partial charge in [0.05, 0.1) is 16.4 Å². The van der Waals surface area contributed by atoms with Gasteiger partial charge in [0.25, 0.3) is 5.91 Å². The smallest absolute Gasteiger partial charge is 0.259 e. The molecule has 2 N–H and O–H groups in total. The fraction of sp³-hybridized carbons (Fsp3) is 0. The lowest BCUT2D eigenvalue weighted by atomic mass is 10.2. The van der Waals surface area contributed by atoms with Crippen LogP contribution in [0.2, 0.25) is 5.02 Å². The largest absolute Gasteiger partial charge is 0.507 e. The van der Waals surface area contributed by atoms with Crippen molar-refractivity contribution in [2.24, 2.45) is 4.99 Å². The van der Waals surface area contributed by atoms with Crippen molar-refractivity contribution < 1.29 is 9.90 Å². The molecule has 0 fully saturated rings. The number of aromatic hydroxyl groups is 1. The van der Waals surface area contributed by atoms with Crippen molar-refractivity contribution in [1.82, 2.24) is 0 Å². The molecule has 2 aromatic rings. The lowest BCUT2D eigenvalue weighted by molar-refractivity contribution is 0.102. The molecule has 0 radical (unpaired) electrons. The SMILES string of the molecule is O=C(Nc1ccc(N=C=S)cc1)c1cc(Cl)ccc1O. The van der Waals surface area contributed by atoms with Gasteiger partial charge in [-0.2, -0.15) is 4.99 Å². The quantitative estimate of drug-likeness (QED) is 0.664. The summed E-state index contributed by atoms with van der Waals surface area (Å²) in [7, 11) is 0. The standard InChI is InChI=1S/C14H9ClN2O2S/c15-9-1-6-13(18)12(7-9)14(19)17-11-4-2-10(3-5-11)16-8-20/h1-7,18H,(H,17,19). The number of hydrogen-bond donors (Lipinski definition) is 2. The third kappa shape index (κ3) is 3.42. The Kier molecular flexibility index (Phi) is 4.48. The minimum absolute atomic E-state index is 0.110. The van der Waals surface area contributed by atoms with Crippen molar-refractivity contribution in [3.05, 3.63) is 53.1 Å². The summed E-state index contributed by atoms with van der Waals surface area (Å²) < 4.78 is 0. The maximum atomic E-state index is 12.0. The van der Waals surface area contributed by atoms with Crippen molar-refractivity contribution >= 4 is 46.3 Å². The Morgan fingerprint density at radius 3 is 2.60 bits per heavy atom. The van der Waals surface area contributed by atoms with E-state index in [4.69, 9.17) is 11.6 Å². The van der Waals surface area contributed by atoms with E-state index in [9.17, 15) is 9.90 Å². The Balaban J connectivity index is 2.19. The van der Waals surface area contributed by atoms with Gasteiger partial charge in [0.15, 0.2) is 0 Å². The predicted molar refractivity (Wildman–Crippen MR) is 82.2 cm³/mol. The first-order valence-electron chi connectivity index (χ1n) is 5.58. The van der Waals surface area contributed by atoms with Crippen molar-refractivity contribution in [3.8, 4) is 5.75 Å². The number of benzene rings is 2. The molecule has 20 heavy (non-hydrogen) atoms. The van der Waals surface area contributed by atoms with E-state index in [1.165, 1.54) is 18.2 Å². The predicted octanol–water partition coefficient (Wildman–Crippen LogP) is 4.03. The van der Waals surface area contributed by atoms with Gasteiger partial charge in [0, 0.05) is 10.7 Å². The second kappa shape index (κ2) is 6.30. The van der Waals surface area contributed by atoms with Gasteiger partial charge in [-0.15, -0.1) is 0 Å². The molecule has 1 amide bonds. The minimum Gasteiger partial charge on any atom is -0.507 e. The molecule has 0 saturated carbocycles. The molecular weight excluding hydrogens is 296 g/mol. The van der Waals surface area contributed by atoms with Gasteiger partial charge < -0.3 is 10.4 Å². The Bertz CT molecular complexity index is 695. The first-order chi connectivity index (χ1) is 9.60. The molecule has 2 aromatic carbocycles. The van der Waals surface area contributed by atoms with Crippen LogP contribution in [0.1, 0.15) is 10.4 Å². The van der Waals surface area contributed by atoms with Gasteiger partial charge in [-0.25, -0.2) is 0 Å². The van der Waals surface area contributed by atoms with Crippen LogP contribution < -0.4 is 5.32 Å². The lowest BCUT2D eigenvalue weighted by Gasteiger charge is -2.07. The van der Waals surface area contributed by atoms with Crippen LogP contribution in [-0.2, 0) is 0 Å². The van der Waals surface area contributed by atoms with Gasteiger partial charge in [0.1, 0.15) is 5.75 Å². The second-order valence-corrected chi connectivity index (χ2v) is 4.48. The zero-order chi connectivity index (χ0) is 14.5. The van der Waals surface area contributed by atoms with E-state index in [-0.39, 0.29) is 11.3 Å². The van der Waals surface area contributed by atoms with Crippen LogP contribution in [0.15, 0.2) is 47.5 Å². The van der Waals surface area contributed by atoms with E-state index in [0.29, 0.717) is 16.4 Å². The summed E-state index contributed by atoms with van der Waals surface area (Å²) in [5.74, 6) is -0.579. The van der Waals surface area contributed by atoms with E-state index >= 15 is 0 Å². The van der Waals surface area contributed by atoms with Gasteiger partial charge in [-0.3, -0.25) is 4.79 Å². The fourth-order valence-electron chi connectivity index (χ4n) is 1.56. The molecule has 4 nitrogen and oxygen atoms in total. The fourth-order valence-corrected chi connectivity index (χ4v) is 1.84. The molecule has 0 saturated heterocycles. The van der Waals surface area contributed by atoms with Crippen molar-refractivity contribution in [2.45, 2.75) is 0 Å². The molecular formula is C14H9ClN2O2S. The molecule has 0 heterocycles. The normalized spacial score (nSPS) is 9.65. The number of amides is 1. The van der Waals surface area contributed by atoms with Crippen molar-refractivity contribution in [3.63, 3.8) is 0 Å². The Hall–Kier alpha value is -2.20. The molecule has 0 spiro atoms. The molecule has 0 aromatic heterocycles. The first-order valence-corrected chi connectivity index (χ1v) is 6.36. The van der Waals surface area contributed by atoms with Crippen LogP contribution in [0.5, 0.6) is 5.75 Å². The highest BCUT2D eigenvalue weighted by molar-refractivity contribution is 7.78. The molecule has 100 valence electrons. The molecule has 0 atom stereocenters. The van der Waals surface area contributed by atoms with E-state index in [2.05, 4.69) is 27.7 Å². The van der Waals surface area contributed by atoms with Crippen LogP contribution in [0, 0.1) is 0 Å². The number of thiocarbonyl (C=S) groups is 1. The van der Waals surface area contributed by atoms with Gasteiger partial charge in [-0.05, 0) is 54.7 Å². The number of nitrogens with zero attached hydrogens (tertiary/aromatic N) is 1. The van der Waals surface area contributed by atoms with Crippen LogP contribution in [-0.4, -0.2) is 16.2 Å². The summed E-state index contributed by atoms with van der Waals surface area (Å²) in [6.45, 7) is 0. The minimum atomic E-state index is -0.448. The number of phenols is 1. The molecule has 0 bridgehead atoms. The van der Waals surface area contributed by atoms with E-state index < -0.39 is 5.91 Å². The number of rotatable bonds is 3. The van der Waals surface area contributed by atoms with Gasteiger partial charge in [0.2, 0.25) is 0 Å². The van der Waals surface area contributed by atoms with E-state index in [0.717, 1.165) is 0 Å². The second-order valence-electron chi connectivity index (χ2n) is 3.87. The number of isothiocyanates is 1. The van der Waals surface area contributed by atoms with Crippen LogP contribution in [0.25, 0.3) is 0 Å². The van der Waals surface area contributed by atoms with Gasteiger partial charge in [-0.1, -0.05) is 11.6 Å². The summed E-state index contributed by atoms with van der Waals surface area (Å²) in [6.07, 6.45) is 0. The third-order valence-electron chi connectivity index (χ3n) is 2.50. The maximum Gasteiger partial charge on any atom is 0.259 e. The number of halogens is 1. The molecule has 0 aliphatic rings. The first kappa shape index (κ1) is 14.2. The van der Waals surface area contributed by atoms with Crippen molar-refractivity contribution in [1.29, 1.82) is 0 Å². The average molecular weight is 305 g/mol. The molecule has 0 unspecified atom stereocenters. The maximum absolute atomic E-state index is 12.0. The van der Waals surface area contributed by atoms with Gasteiger partial charge >= 0.3 is 0 Å². The number of aliphatic imine (C=N–C) groups is 1. The number of hydrogen-bond acceptors (Lipinski definition) is 4. The highest BCUT2D eigenvalue weighted by Crippen LogP contribution is 2.23. The molecule has 2 rings (SSSR count). The average Bonchev–Trinajstić information content (AvgIpc) is 2.44. The topological polar surface area (TPSA) is 61.7 Å². The summed E-state index contributed by atoms with van der Waals surface area (Å²) in [5, 5.41) is 14.9. The third-order valence-corrected chi connectivity index (χ3v) is 2.83. The number of carbonyl (C=O) groups excluding carboxylic acids is 1. The number of phenolic OH excluding ortho intramolecular Hbond substituents is 1. The van der Waals surface area contributed by atoms with E-state index in [1.54, 1.807) is 24.3 Å². The van der Waals surface area contributed by atoms with Crippen LogP contribution >= 0.6 is 23.8 Å². The summed E-state index contributed by atoms with van der Waals surface area (Å²) in [4.78, 5) is 15.8. The highest BCUT2D eigenvalue weighted by atomic mass is 35.5. The summed E-state index contributed by atoms with van der Waals surface area (Å²) in [5.41, 5.74) is 1.32. The molecule has 6 heteroatoms. The molecule has 0 aliphatic carbocycles. The van der Waals surface area contributed by atoms with E-state index in [1.807, 2.05) is 0 Å². The summed E-state index contributed by atoms with van der Waals surface area (Å²) >= 11 is 10.3. The summed E-state index contributed by atoms with van der Waals surface area (Å²) in [6, 6.07) is 11.0. The van der Waals surface area contributed by atoms with Crippen LogP contribution in [0.3, 0.4) is 0 Å². The monoisotopic (exact) mass is 304 g/mol. The number of anilines is 1. The van der Waals surface area contributed by atoms with Crippen molar-refractivity contribution in [2.75, 3.05) is 5.32 Å². The highest BCUT2D eigenvalue weighted by Gasteiger charge is 2.11. The zero-order valence-electron chi connectivity index (χ0n) is 10.1. The Morgan fingerprint density at radius 1 is 1.25 bits per heavy atom. The molecule has 0 aliphatic heterocycles. The Labute approximate surface area is 125 Å². The Morgan fingerprint density at radius 2 is 1.95 bits per heavy atom.